The summed E-state index contributed by atoms with van der Waals surface area (Å²) in [6.45, 7) is 0. The zero-order chi connectivity index (χ0) is 9.31. The second-order valence-corrected chi connectivity index (χ2v) is 4.34. The van der Waals surface area contributed by atoms with Gasteiger partial charge >= 0.3 is 0 Å². The lowest BCUT2D eigenvalue weighted by Gasteiger charge is -2.24. The lowest BCUT2D eigenvalue weighted by atomic mass is 10.0. The van der Waals surface area contributed by atoms with Gasteiger partial charge in [0.05, 0.1) is 0 Å². The fraction of sp³-hybridized carbons (Fsp3) is 0.667. The first-order chi connectivity index (χ1) is 6.27. The van der Waals surface area contributed by atoms with E-state index in [2.05, 4.69) is 4.98 Å². The molecule has 0 radical (unpaired) electrons. The van der Waals surface area contributed by atoms with E-state index in [9.17, 15) is 0 Å². The van der Waals surface area contributed by atoms with Crippen molar-refractivity contribution >= 4 is 17.2 Å². The Kier molecular flexibility index (Phi) is 2.26. The number of hydrogen-bond acceptors (Lipinski definition) is 4. The van der Waals surface area contributed by atoms with E-state index in [0.29, 0.717) is 5.82 Å². The highest BCUT2D eigenvalue weighted by Gasteiger charge is 2.38. The Bertz CT molecular complexity index is 292. The van der Waals surface area contributed by atoms with Crippen LogP contribution < -0.4 is 5.73 Å². The molecule has 0 spiro atoms. The number of nitrogens with two attached hydrogens (primary N) is 1. The molecule has 1 aromatic rings. The maximum Gasteiger partial charge on any atom is 0.134 e. The van der Waals surface area contributed by atoms with E-state index < -0.39 is 0 Å². The van der Waals surface area contributed by atoms with Gasteiger partial charge in [0, 0.05) is 12.5 Å². The molecule has 13 heavy (non-hydrogen) atoms. The third-order valence-electron chi connectivity index (χ3n) is 2.71. The third-order valence-corrected chi connectivity index (χ3v) is 3.76. The van der Waals surface area contributed by atoms with Crippen LogP contribution in [-0.4, -0.2) is 12.1 Å². The minimum atomic E-state index is -0.123. The number of thiazole rings is 1. The van der Waals surface area contributed by atoms with Crippen LogP contribution in [0.25, 0.3) is 0 Å². The SMILES string of the molecule is COC1(c2nc(N)cs2)CCCC1. The summed E-state index contributed by atoms with van der Waals surface area (Å²) in [4.78, 5) is 4.31. The van der Waals surface area contributed by atoms with Gasteiger partial charge in [-0.3, -0.25) is 0 Å². The van der Waals surface area contributed by atoms with Crippen molar-refractivity contribution < 1.29 is 4.74 Å². The van der Waals surface area contributed by atoms with Crippen molar-refractivity contribution in [1.82, 2.24) is 4.98 Å². The minimum absolute atomic E-state index is 0.123. The lowest BCUT2D eigenvalue weighted by Crippen LogP contribution is -2.24. The van der Waals surface area contributed by atoms with Gasteiger partial charge in [-0.05, 0) is 12.8 Å². The Morgan fingerprint density at radius 3 is 2.69 bits per heavy atom. The van der Waals surface area contributed by atoms with Crippen LogP contribution in [0.1, 0.15) is 30.7 Å². The molecule has 1 fully saturated rings. The Hall–Kier alpha value is -0.610. The van der Waals surface area contributed by atoms with Gasteiger partial charge in [-0.15, -0.1) is 11.3 Å². The van der Waals surface area contributed by atoms with Crippen molar-refractivity contribution in [3.8, 4) is 0 Å². The number of nitrogens with zero attached hydrogens (tertiary/aromatic N) is 1. The second kappa shape index (κ2) is 3.27. The zero-order valence-corrected chi connectivity index (χ0v) is 8.56. The van der Waals surface area contributed by atoms with Crippen molar-refractivity contribution in [1.29, 1.82) is 0 Å². The van der Waals surface area contributed by atoms with E-state index in [0.717, 1.165) is 17.8 Å². The van der Waals surface area contributed by atoms with Crippen LogP contribution in [0.5, 0.6) is 0 Å². The third kappa shape index (κ3) is 1.44. The average Bonchev–Trinajstić information content (AvgIpc) is 2.73. The molecule has 0 unspecified atom stereocenters. The summed E-state index contributed by atoms with van der Waals surface area (Å²) in [5, 5.41) is 2.93. The summed E-state index contributed by atoms with van der Waals surface area (Å²) in [5.74, 6) is 0.614. The van der Waals surface area contributed by atoms with Crippen LogP contribution in [0.2, 0.25) is 0 Å². The number of methoxy groups -OCH3 is 1. The van der Waals surface area contributed by atoms with Gasteiger partial charge in [-0.2, -0.15) is 0 Å². The van der Waals surface area contributed by atoms with Gasteiger partial charge in [-0.25, -0.2) is 4.98 Å². The number of hydrogen-bond donors (Lipinski definition) is 1. The van der Waals surface area contributed by atoms with Crippen LogP contribution in [0.4, 0.5) is 5.82 Å². The van der Waals surface area contributed by atoms with E-state index >= 15 is 0 Å². The standard InChI is InChI=1S/C9H14N2OS/c1-12-9(4-2-3-5-9)8-11-7(10)6-13-8/h6H,2-5,10H2,1H3. The van der Waals surface area contributed by atoms with E-state index in [1.807, 2.05) is 5.38 Å². The molecule has 1 saturated carbocycles. The van der Waals surface area contributed by atoms with Gasteiger partial charge in [-0.1, -0.05) is 12.8 Å². The monoisotopic (exact) mass is 198 g/mol. The summed E-state index contributed by atoms with van der Waals surface area (Å²) in [6, 6.07) is 0. The van der Waals surface area contributed by atoms with Crippen LogP contribution in [0.3, 0.4) is 0 Å². The van der Waals surface area contributed by atoms with Crippen LogP contribution in [-0.2, 0) is 10.3 Å². The molecule has 4 heteroatoms. The average molecular weight is 198 g/mol. The Labute approximate surface area is 81.9 Å². The largest absolute Gasteiger partial charge is 0.383 e. The molecule has 3 nitrogen and oxygen atoms in total. The second-order valence-electron chi connectivity index (χ2n) is 3.48. The van der Waals surface area contributed by atoms with Crippen molar-refractivity contribution in [3.63, 3.8) is 0 Å². The molecule has 0 bridgehead atoms. The topological polar surface area (TPSA) is 48.1 Å². The van der Waals surface area contributed by atoms with Gasteiger partial charge in [0.15, 0.2) is 0 Å². The van der Waals surface area contributed by atoms with E-state index in [4.69, 9.17) is 10.5 Å². The molecule has 1 aliphatic rings. The molecule has 0 saturated heterocycles. The molecule has 2 rings (SSSR count). The maximum atomic E-state index is 5.60. The predicted molar refractivity (Wildman–Crippen MR) is 53.7 cm³/mol. The van der Waals surface area contributed by atoms with Crippen molar-refractivity contribution in [2.45, 2.75) is 31.3 Å². The van der Waals surface area contributed by atoms with E-state index in [1.165, 1.54) is 12.8 Å². The number of rotatable bonds is 2. The highest BCUT2D eigenvalue weighted by molar-refractivity contribution is 7.10. The molecule has 0 aliphatic heterocycles. The highest BCUT2D eigenvalue weighted by Crippen LogP contribution is 2.42. The van der Waals surface area contributed by atoms with Crippen LogP contribution in [0, 0.1) is 0 Å². The van der Waals surface area contributed by atoms with Gasteiger partial charge in [0.2, 0.25) is 0 Å². The molecule has 1 heterocycles. The summed E-state index contributed by atoms with van der Waals surface area (Å²) in [7, 11) is 1.77. The zero-order valence-electron chi connectivity index (χ0n) is 7.75. The summed E-state index contributed by atoms with van der Waals surface area (Å²) in [5.41, 5.74) is 5.48. The van der Waals surface area contributed by atoms with E-state index in [-0.39, 0.29) is 5.60 Å². The first kappa shape index (κ1) is 8.97. The molecule has 72 valence electrons. The van der Waals surface area contributed by atoms with Gasteiger partial charge in [0.25, 0.3) is 0 Å². The first-order valence-corrected chi connectivity index (χ1v) is 5.41. The summed E-state index contributed by atoms with van der Waals surface area (Å²) >= 11 is 1.61. The first-order valence-electron chi connectivity index (χ1n) is 4.53. The number of ether oxygens (including phenoxy) is 1. The normalized spacial score (nSPS) is 20.7. The molecule has 0 amide bonds. The Morgan fingerprint density at radius 2 is 2.23 bits per heavy atom. The summed E-state index contributed by atoms with van der Waals surface area (Å²) in [6.07, 6.45) is 4.62. The summed E-state index contributed by atoms with van der Waals surface area (Å²) < 4.78 is 5.59. The van der Waals surface area contributed by atoms with Gasteiger partial charge < -0.3 is 10.5 Å². The predicted octanol–water partition coefficient (Wildman–Crippen LogP) is 2.14. The highest BCUT2D eigenvalue weighted by atomic mass is 32.1. The van der Waals surface area contributed by atoms with E-state index in [1.54, 1.807) is 18.4 Å². The quantitative estimate of drug-likeness (QED) is 0.792. The number of nitrogen functional groups attached to an aromatic ring is 1. The number of anilines is 1. The minimum Gasteiger partial charge on any atom is -0.383 e. The smallest absolute Gasteiger partial charge is 0.134 e. The Morgan fingerprint density at radius 1 is 1.54 bits per heavy atom. The van der Waals surface area contributed by atoms with Crippen molar-refractivity contribution in [2.24, 2.45) is 0 Å². The molecule has 2 N–H and O–H groups in total. The number of aromatic nitrogens is 1. The molecule has 0 aromatic carbocycles. The Balaban J connectivity index is 2.30. The fourth-order valence-electron chi connectivity index (χ4n) is 1.95. The molecule has 0 atom stereocenters. The van der Waals surface area contributed by atoms with Crippen LogP contribution >= 0.6 is 11.3 Å². The molecule has 1 aromatic heterocycles. The van der Waals surface area contributed by atoms with Crippen molar-refractivity contribution in [2.75, 3.05) is 12.8 Å². The van der Waals surface area contributed by atoms with Crippen molar-refractivity contribution in [3.05, 3.63) is 10.4 Å². The molecule has 1 aliphatic carbocycles. The van der Waals surface area contributed by atoms with Gasteiger partial charge in [0.1, 0.15) is 16.4 Å². The lowest BCUT2D eigenvalue weighted by molar-refractivity contribution is -0.00877. The van der Waals surface area contributed by atoms with Crippen LogP contribution in [0.15, 0.2) is 5.38 Å². The molecular formula is C9H14N2OS. The fourth-order valence-corrected chi connectivity index (χ4v) is 2.89. The maximum absolute atomic E-state index is 5.60. The molecular weight excluding hydrogens is 184 g/mol.